The summed E-state index contributed by atoms with van der Waals surface area (Å²) in [5, 5.41) is 3.35. The third-order valence-corrected chi connectivity index (χ3v) is 3.70. The molecule has 1 aromatic heterocycles. The summed E-state index contributed by atoms with van der Waals surface area (Å²) in [5.41, 5.74) is 3.28. The predicted molar refractivity (Wildman–Crippen MR) is 86.9 cm³/mol. The average molecular weight is 283 g/mol. The number of rotatable bonds is 3. The fourth-order valence-corrected chi connectivity index (χ4v) is 2.60. The Bertz CT molecular complexity index is 605. The van der Waals surface area contributed by atoms with Gasteiger partial charge in [-0.3, -0.25) is 0 Å². The summed E-state index contributed by atoms with van der Waals surface area (Å²) in [4.78, 5) is 13.6. The summed E-state index contributed by atoms with van der Waals surface area (Å²) in [6.07, 6.45) is 1.85. The molecule has 1 fully saturated rings. The molecule has 3 rings (SSSR count). The van der Waals surface area contributed by atoms with Gasteiger partial charge >= 0.3 is 0 Å². The lowest BCUT2D eigenvalue weighted by Crippen LogP contribution is -2.44. The molecule has 0 unspecified atom stereocenters. The van der Waals surface area contributed by atoms with E-state index in [0.29, 0.717) is 0 Å². The zero-order valence-electron chi connectivity index (χ0n) is 12.6. The Morgan fingerprint density at radius 1 is 1.10 bits per heavy atom. The van der Waals surface area contributed by atoms with Crippen molar-refractivity contribution in [1.29, 1.82) is 0 Å². The second-order valence-corrected chi connectivity index (χ2v) is 5.39. The molecule has 5 nitrogen and oxygen atoms in total. The normalized spacial score (nSPS) is 15.0. The van der Waals surface area contributed by atoms with E-state index in [0.717, 1.165) is 43.4 Å². The molecule has 110 valence electrons. The van der Waals surface area contributed by atoms with Crippen molar-refractivity contribution >= 4 is 11.6 Å². The van der Waals surface area contributed by atoms with E-state index in [2.05, 4.69) is 58.5 Å². The van der Waals surface area contributed by atoms with Crippen LogP contribution in [0, 0.1) is 0 Å². The lowest BCUT2D eigenvalue weighted by molar-refractivity contribution is 0.580. The number of nitrogens with one attached hydrogen (secondary N) is 1. The SMILES string of the molecule is CN(C)c1ccccc1-c1ccnc(N2CCNCC2)n1. The molecule has 5 heteroatoms. The Morgan fingerprint density at radius 3 is 2.62 bits per heavy atom. The van der Waals surface area contributed by atoms with Gasteiger partial charge in [0.2, 0.25) is 5.95 Å². The molecule has 1 saturated heterocycles. The molecule has 1 aliphatic heterocycles. The first-order valence-electron chi connectivity index (χ1n) is 7.31. The number of hydrogen-bond acceptors (Lipinski definition) is 5. The van der Waals surface area contributed by atoms with Crippen molar-refractivity contribution in [2.45, 2.75) is 0 Å². The maximum Gasteiger partial charge on any atom is 0.225 e. The van der Waals surface area contributed by atoms with Crippen LogP contribution in [0.5, 0.6) is 0 Å². The molecule has 0 bridgehead atoms. The minimum atomic E-state index is 0.822. The second kappa shape index (κ2) is 6.10. The third kappa shape index (κ3) is 2.97. The van der Waals surface area contributed by atoms with Crippen LogP contribution in [0.4, 0.5) is 11.6 Å². The molecule has 1 aromatic carbocycles. The highest BCUT2D eigenvalue weighted by molar-refractivity contribution is 5.76. The molecule has 21 heavy (non-hydrogen) atoms. The average Bonchev–Trinajstić information content (AvgIpc) is 2.56. The van der Waals surface area contributed by atoms with Crippen LogP contribution in [-0.2, 0) is 0 Å². The standard InChI is InChI=1S/C16H21N5/c1-20(2)15-6-4-3-5-13(15)14-7-8-18-16(19-14)21-11-9-17-10-12-21/h3-8,17H,9-12H2,1-2H3. The molecule has 1 N–H and O–H groups in total. The molecule has 0 radical (unpaired) electrons. The van der Waals surface area contributed by atoms with Crippen molar-refractivity contribution in [3.05, 3.63) is 36.5 Å². The van der Waals surface area contributed by atoms with Gasteiger partial charge < -0.3 is 15.1 Å². The van der Waals surface area contributed by atoms with E-state index in [1.165, 1.54) is 5.69 Å². The van der Waals surface area contributed by atoms with Crippen molar-refractivity contribution < 1.29 is 0 Å². The van der Waals surface area contributed by atoms with Crippen LogP contribution in [-0.4, -0.2) is 50.2 Å². The van der Waals surface area contributed by atoms with Gasteiger partial charge in [0.15, 0.2) is 0 Å². The summed E-state index contributed by atoms with van der Waals surface area (Å²) >= 11 is 0. The van der Waals surface area contributed by atoms with Crippen LogP contribution in [0.25, 0.3) is 11.3 Å². The molecule has 0 atom stereocenters. The van der Waals surface area contributed by atoms with E-state index < -0.39 is 0 Å². The minimum absolute atomic E-state index is 0.822. The number of nitrogens with zero attached hydrogens (tertiary/aromatic N) is 4. The molecule has 0 amide bonds. The van der Waals surface area contributed by atoms with Gasteiger partial charge in [-0.05, 0) is 12.1 Å². The molecule has 0 spiro atoms. The van der Waals surface area contributed by atoms with Gasteiger partial charge in [0, 0.05) is 57.7 Å². The summed E-state index contributed by atoms with van der Waals surface area (Å²) in [6.45, 7) is 3.89. The van der Waals surface area contributed by atoms with E-state index in [1.54, 1.807) is 0 Å². The van der Waals surface area contributed by atoms with Crippen molar-refractivity contribution in [2.24, 2.45) is 0 Å². The molecular weight excluding hydrogens is 262 g/mol. The van der Waals surface area contributed by atoms with Crippen LogP contribution < -0.4 is 15.1 Å². The molecule has 2 aromatic rings. The van der Waals surface area contributed by atoms with Crippen molar-refractivity contribution in [2.75, 3.05) is 50.1 Å². The highest BCUT2D eigenvalue weighted by Crippen LogP contribution is 2.28. The topological polar surface area (TPSA) is 44.3 Å². The molecule has 0 aliphatic carbocycles. The lowest BCUT2D eigenvalue weighted by Gasteiger charge is -2.27. The third-order valence-electron chi connectivity index (χ3n) is 3.70. The van der Waals surface area contributed by atoms with Crippen LogP contribution in [0.15, 0.2) is 36.5 Å². The van der Waals surface area contributed by atoms with Crippen LogP contribution in [0.1, 0.15) is 0 Å². The zero-order chi connectivity index (χ0) is 14.7. The smallest absolute Gasteiger partial charge is 0.225 e. The van der Waals surface area contributed by atoms with Gasteiger partial charge in [-0.1, -0.05) is 18.2 Å². The number of hydrogen-bond donors (Lipinski definition) is 1. The second-order valence-electron chi connectivity index (χ2n) is 5.39. The largest absolute Gasteiger partial charge is 0.377 e. The first-order valence-corrected chi connectivity index (χ1v) is 7.31. The van der Waals surface area contributed by atoms with E-state index in [1.807, 2.05) is 12.3 Å². The maximum absolute atomic E-state index is 4.77. The number of benzene rings is 1. The van der Waals surface area contributed by atoms with Gasteiger partial charge in [0.1, 0.15) is 0 Å². The first-order chi connectivity index (χ1) is 10.3. The highest BCUT2D eigenvalue weighted by atomic mass is 15.3. The van der Waals surface area contributed by atoms with Crippen LogP contribution in [0.3, 0.4) is 0 Å². The van der Waals surface area contributed by atoms with Gasteiger partial charge in [0.05, 0.1) is 5.69 Å². The van der Waals surface area contributed by atoms with E-state index >= 15 is 0 Å². The monoisotopic (exact) mass is 283 g/mol. The Balaban J connectivity index is 1.96. The fraction of sp³-hybridized carbons (Fsp3) is 0.375. The van der Waals surface area contributed by atoms with E-state index in [4.69, 9.17) is 4.98 Å². The van der Waals surface area contributed by atoms with Crippen molar-refractivity contribution in [1.82, 2.24) is 15.3 Å². The molecule has 0 saturated carbocycles. The van der Waals surface area contributed by atoms with Crippen LogP contribution >= 0.6 is 0 Å². The van der Waals surface area contributed by atoms with Crippen molar-refractivity contribution in [3.63, 3.8) is 0 Å². The Hall–Kier alpha value is -2.14. The number of anilines is 2. The van der Waals surface area contributed by atoms with Gasteiger partial charge in [-0.15, -0.1) is 0 Å². The minimum Gasteiger partial charge on any atom is -0.377 e. The maximum atomic E-state index is 4.77. The Kier molecular flexibility index (Phi) is 4.01. The Morgan fingerprint density at radius 2 is 1.86 bits per heavy atom. The van der Waals surface area contributed by atoms with Crippen LogP contribution in [0.2, 0.25) is 0 Å². The first kappa shape index (κ1) is 13.8. The van der Waals surface area contributed by atoms with E-state index in [9.17, 15) is 0 Å². The van der Waals surface area contributed by atoms with Gasteiger partial charge in [-0.25, -0.2) is 9.97 Å². The number of piperazine rings is 1. The van der Waals surface area contributed by atoms with Gasteiger partial charge in [0.25, 0.3) is 0 Å². The van der Waals surface area contributed by atoms with Gasteiger partial charge in [-0.2, -0.15) is 0 Å². The summed E-state index contributed by atoms with van der Waals surface area (Å²) in [5.74, 6) is 0.822. The Labute approximate surface area is 125 Å². The zero-order valence-corrected chi connectivity index (χ0v) is 12.6. The lowest BCUT2D eigenvalue weighted by atomic mass is 10.1. The molecule has 2 heterocycles. The number of aromatic nitrogens is 2. The predicted octanol–water partition coefficient (Wildman–Crippen LogP) is 1.62. The fourth-order valence-electron chi connectivity index (χ4n) is 2.60. The molecular formula is C16H21N5. The summed E-state index contributed by atoms with van der Waals surface area (Å²) < 4.78 is 0. The highest BCUT2D eigenvalue weighted by Gasteiger charge is 2.15. The summed E-state index contributed by atoms with van der Waals surface area (Å²) in [6, 6.07) is 10.3. The van der Waals surface area contributed by atoms with Crippen molar-refractivity contribution in [3.8, 4) is 11.3 Å². The quantitative estimate of drug-likeness (QED) is 0.927. The number of para-hydroxylation sites is 1. The molecule has 1 aliphatic rings. The summed E-state index contributed by atoms with van der Waals surface area (Å²) in [7, 11) is 4.11. The van der Waals surface area contributed by atoms with E-state index in [-0.39, 0.29) is 0 Å².